The largest absolute Gasteiger partial charge is 0.472 e. The first-order valence-corrected chi connectivity index (χ1v) is 16.4. The number of nitriles is 1. The SMILES string of the molecule is C[C@@H](OC(=O)N[C@H](C(=O)N1C[C@@H]2[C@H]3C[C@@H]([C@@H]2[C@H]1C(=O)N1C[C@@]2(C[C@H]1C#N)Oc1cccnc1NC2=O)[C@H](F)C3)C(C)(C)C)C1CC1. The van der Waals surface area contributed by atoms with Crippen LogP contribution in [0.15, 0.2) is 18.3 Å². The monoisotopic (exact) mass is 636 g/mol. The fourth-order valence-electron chi connectivity index (χ4n) is 8.72. The molecule has 4 amide bonds. The van der Waals surface area contributed by atoms with Gasteiger partial charge in [0.25, 0.3) is 5.91 Å². The summed E-state index contributed by atoms with van der Waals surface area (Å²) >= 11 is 0. The van der Waals surface area contributed by atoms with Crippen molar-refractivity contribution in [3.05, 3.63) is 18.3 Å². The number of pyridine rings is 1. The number of anilines is 1. The summed E-state index contributed by atoms with van der Waals surface area (Å²) in [5.74, 6) is -1.42. The van der Waals surface area contributed by atoms with Crippen molar-refractivity contribution in [2.75, 3.05) is 18.4 Å². The van der Waals surface area contributed by atoms with Gasteiger partial charge in [-0.15, -0.1) is 0 Å². The van der Waals surface area contributed by atoms with E-state index in [9.17, 15) is 24.4 Å². The molecule has 10 atom stereocenters. The summed E-state index contributed by atoms with van der Waals surface area (Å²) in [4.78, 5) is 62.5. The maximum Gasteiger partial charge on any atom is 0.408 e. The second-order valence-electron chi connectivity index (χ2n) is 15.2. The lowest BCUT2D eigenvalue weighted by atomic mass is 9.77. The number of alkyl halides is 1. The van der Waals surface area contributed by atoms with Crippen LogP contribution in [0.1, 0.15) is 59.8 Å². The van der Waals surface area contributed by atoms with Crippen molar-refractivity contribution in [3.63, 3.8) is 0 Å². The van der Waals surface area contributed by atoms with Gasteiger partial charge in [-0.3, -0.25) is 14.4 Å². The zero-order valence-electron chi connectivity index (χ0n) is 26.6. The highest BCUT2D eigenvalue weighted by Crippen LogP contribution is 2.59. The number of likely N-dealkylation sites (tertiary alicyclic amines) is 2. The van der Waals surface area contributed by atoms with E-state index in [1.807, 2.05) is 27.7 Å². The van der Waals surface area contributed by atoms with E-state index in [2.05, 4.69) is 21.7 Å². The molecule has 1 aromatic heterocycles. The molecule has 13 heteroatoms. The molecule has 46 heavy (non-hydrogen) atoms. The summed E-state index contributed by atoms with van der Waals surface area (Å²) in [6.07, 6.45) is 2.43. The van der Waals surface area contributed by atoms with Crippen LogP contribution in [0.4, 0.5) is 15.0 Å². The zero-order valence-corrected chi connectivity index (χ0v) is 26.6. The third kappa shape index (κ3) is 4.95. The number of aromatic nitrogens is 1. The average Bonchev–Trinajstić information content (AvgIpc) is 3.35. The Kier molecular flexibility index (Phi) is 7.21. The van der Waals surface area contributed by atoms with Crippen LogP contribution in [-0.4, -0.2) is 87.7 Å². The standard InChI is InChI=1S/C33H41FN6O6/c1-16(17-7-8-17)45-31(44)37-26(32(2,3)4)29(42)39-14-21-18-10-20(22(34)11-18)24(21)25(39)28(41)40-15-33(12-19(40)13-35)30(43)38-27-23(46-33)6-5-9-36-27/h5-6,9,16-22,24-26H,7-8,10-12,14-15H2,1-4H3,(H,37,44)(H,36,38,43)/t16-,18+,19+,20-,21-,22-,24+,25+,26-,33-/m1/s1. The first kappa shape index (κ1) is 30.7. The molecular weight excluding hydrogens is 595 g/mol. The van der Waals surface area contributed by atoms with Crippen molar-refractivity contribution in [3.8, 4) is 11.8 Å². The van der Waals surface area contributed by atoms with Gasteiger partial charge >= 0.3 is 6.09 Å². The van der Waals surface area contributed by atoms with Crippen LogP contribution in [0.5, 0.6) is 5.75 Å². The minimum Gasteiger partial charge on any atom is -0.472 e. The minimum atomic E-state index is -1.52. The molecule has 0 aromatic carbocycles. The van der Waals surface area contributed by atoms with Gasteiger partial charge < -0.3 is 29.9 Å². The van der Waals surface area contributed by atoms with Crippen LogP contribution in [0.25, 0.3) is 0 Å². The Balaban J connectivity index is 1.19. The smallest absolute Gasteiger partial charge is 0.408 e. The van der Waals surface area contributed by atoms with E-state index in [0.717, 1.165) is 12.8 Å². The van der Waals surface area contributed by atoms with Gasteiger partial charge in [-0.1, -0.05) is 20.8 Å². The van der Waals surface area contributed by atoms with Crippen LogP contribution < -0.4 is 15.4 Å². The van der Waals surface area contributed by atoms with E-state index in [1.54, 1.807) is 12.1 Å². The fraction of sp³-hybridized carbons (Fsp3) is 0.697. The molecule has 2 bridgehead atoms. The van der Waals surface area contributed by atoms with Crippen molar-refractivity contribution >= 4 is 29.6 Å². The normalized spacial score (nSPS) is 35.5. The van der Waals surface area contributed by atoms with Crippen LogP contribution in [0, 0.1) is 46.3 Å². The molecule has 6 aliphatic rings. The third-order valence-corrected chi connectivity index (χ3v) is 11.2. The highest BCUT2D eigenvalue weighted by atomic mass is 19.1. The van der Waals surface area contributed by atoms with Crippen LogP contribution >= 0.6 is 0 Å². The number of alkyl carbamates (subject to hydrolysis) is 1. The Hall–Kier alpha value is -3.95. The van der Waals surface area contributed by atoms with Gasteiger partial charge in [0.2, 0.25) is 17.4 Å². The molecule has 12 nitrogen and oxygen atoms in total. The summed E-state index contributed by atoms with van der Waals surface area (Å²) in [6, 6.07) is 2.40. The van der Waals surface area contributed by atoms with E-state index in [4.69, 9.17) is 9.47 Å². The van der Waals surface area contributed by atoms with E-state index in [0.29, 0.717) is 24.5 Å². The van der Waals surface area contributed by atoms with Gasteiger partial charge in [0.1, 0.15) is 30.4 Å². The van der Waals surface area contributed by atoms with Crippen molar-refractivity contribution in [1.82, 2.24) is 20.1 Å². The number of carbonyl (C=O) groups is 4. The highest BCUT2D eigenvalue weighted by molar-refractivity contribution is 6.01. The molecule has 0 unspecified atom stereocenters. The second kappa shape index (κ2) is 10.8. The van der Waals surface area contributed by atoms with E-state index in [-0.39, 0.29) is 43.3 Å². The molecule has 2 saturated heterocycles. The molecule has 7 rings (SSSR count). The minimum absolute atomic E-state index is 0.0386. The first-order chi connectivity index (χ1) is 21.8. The summed E-state index contributed by atoms with van der Waals surface area (Å²) in [5, 5.41) is 15.7. The van der Waals surface area contributed by atoms with E-state index >= 15 is 4.39 Å². The molecule has 4 heterocycles. The Morgan fingerprint density at radius 3 is 2.70 bits per heavy atom. The van der Waals surface area contributed by atoms with Gasteiger partial charge in [0, 0.05) is 19.2 Å². The molecule has 3 aliphatic heterocycles. The number of hydrogen-bond donors (Lipinski definition) is 2. The Labute approximate surface area is 267 Å². The molecule has 3 saturated carbocycles. The van der Waals surface area contributed by atoms with Crippen molar-refractivity contribution in [2.24, 2.45) is 35.0 Å². The number of carbonyl (C=O) groups excluding carboxylic acids is 4. The molecule has 246 valence electrons. The number of nitrogens with one attached hydrogen (secondary N) is 2. The predicted octanol–water partition coefficient (Wildman–Crippen LogP) is 3.04. The predicted molar refractivity (Wildman–Crippen MR) is 161 cm³/mol. The molecule has 0 radical (unpaired) electrons. The number of fused-ring (bicyclic) bond motifs is 6. The van der Waals surface area contributed by atoms with Gasteiger partial charge in [-0.2, -0.15) is 5.26 Å². The quantitative estimate of drug-likeness (QED) is 0.500. The zero-order chi connectivity index (χ0) is 32.7. The number of hydrogen-bond acceptors (Lipinski definition) is 8. The molecule has 1 aromatic rings. The lowest BCUT2D eigenvalue weighted by Gasteiger charge is -2.39. The molecule has 3 aliphatic carbocycles. The third-order valence-electron chi connectivity index (χ3n) is 11.2. The summed E-state index contributed by atoms with van der Waals surface area (Å²) in [7, 11) is 0. The lowest BCUT2D eigenvalue weighted by Crippen LogP contribution is -2.60. The van der Waals surface area contributed by atoms with Crippen LogP contribution in [0.2, 0.25) is 0 Å². The number of halogens is 1. The first-order valence-electron chi connectivity index (χ1n) is 16.4. The van der Waals surface area contributed by atoms with E-state index < -0.39 is 71.0 Å². The van der Waals surface area contributed by atoms with E-state index in [1.165, 1.54) is 16.0 Å². The molecular formula is C33H41FN6O6. The average molecular weight is 637 g/mol. The fourth-order valence-corrected chi connectivity index (χ4v) is 8.72. The molecule has 2 N–H and O–H groups in total. The van der Waals surface area contributed by atoms with Gasteiger partial charge in [-0.25, -0.2) is 14.2 Å². The van der Waals surface area contributed by atoms with Gasteiger partial charge in [0.05, 0.1) is 12.6 Å². The lowest BCUT2D eigenvalue weighted by molar-refractivity contribution is -0.149. The van der Waals surface area contributed by atoms with Crippen molar-refractivity contribution in [2.45, 2.75) is 95.8 Å². The van der Waals surface area contributed by atoms with Crippen molar-refractivity contribution in [1.29, 1.82) is 5.26 Å². The molecule has 1 spiro atoms. The molecule has 5 fully saturated rings. The second-order valence-corrected chi connectivity index (χ2v) is 15.2. The highest BCUT2D eigenvalue weighted by Gasteiger charge is 2.65. The number of rotatable bonds is 5. The maximum atomic E-state index is 15.3. The number of nitrogens with zero attached hydrogens (tertiary/aromatic N) is 4. The number of ether oxygens (including phenoxy) is 2. The maximum absolute atomic E-state index is 15.3. The summed E-state index contributed by atoms with van der Waals surface area (Å²) in [5.41, 5.74) is -2.26. The van der Waals surface area contributed by atoms with Gasteiger partial charge in [0.15, 0.2) is 11.6 Å². The van der Waals surface area contributed by atoms with Gasteiger partial charge in [-0.05, 0) is 79.7 Å². The summed E-state index contributed by atoms with van der Waals surface area (Å²) in [6.45, 7) is 7.37. The Morgan fingerprint density at radius 1 is 1.24 bits per heavy atom. The Morgan fingerprint density at radius 2 is 2.00 bits per heavy atom. The summed E-state index contributed by atoms with van der Waals surface area (Å²) < 4.78 is 27.0. The van der Waals surface area contributed by atoms with Crippen LogP contribution in [-0.2, 0) is 19.1 Å². The number of amides is 4. The Bertz CT molecular complexity index is 1510. The van der Waals surface area contributed by atoms with Crippen LogP contribution in [0.3, 0.4) is 0 Å². The van der Waals surface area contributed by atoms with Crippen molar-refractivity contribution < 1.29 is 33.0 Å². The topological polar surface area (TPSA) is 154 Å².